The molecule has 0 aliphatic carbocycles. The Morgan fingerprint density at radius 3 is 2.64 bits per heavy atom. The third-order valence-corrected chi connectivity index (χ3v) is 5.03. The summed E-state index contributed by atoms with van der Waals surface area (Å²) in [7, 11) is 0. The molecule has 1 atom stereocenters. The number of piperidine rings is 1. The van der Waals surface area contributed by atoms with Crippen molar-refractivity contribution < 1.29 is 9.59 Å². The van der Waals surface area contributed by atoms with Gasteiger partial charge < -0.3 is 10.6 Å². The number of imide groups is 1. The number of amides is 2. The Kier molecular flexibility index (Phi) is 7.43. The minimum atomic E-state index is -0.0779. The summed E-state index contributed by atoms with van der Waals surface area (Å²) >= 11 is 1.81. The van der Waals surface area contributed by atoms with Gasteiger partial charge in [-0.3, -0.25) is 19.5 Å². The van der Waals surface area contributed by atoms with Crippen LogP contribution in [-0.2, 0) is 16.0 Å². The maximum absolute atomic E-state index is 11.8. The van der Waals surface area contributed by atoms with E-state index in [-0.39, 0.29) is 17.9 Å². The van der Waals surface area contributed by atoms with Gasteiger partial charge in [0.05, 0.1) is 6.54 Å². The number of carbonyl (C=O) groups excluding carboxylic acids is 2. The molecule has 25 heavy (non-hydrogen) atoms. The Morgan fingerprint density at radius 1 is 1.32 bits per heavy atom. The van der Waals surface area contributed by atoms with Crippen molar-refractivity contribution in [1.29, 1.82) is 0 Å². The molecule has 1 fully saturated rings. The molecule has 1 aromatic heterocycles. The fourth-order valence-electron chi connectivity index (χ4n) is 2.81. The summed E-state index contributed by atoms with van der Waals surface area (Å²) in [5, 5.41) is 6.61. The summed E-state index contributed by atoms with van der Waals surface area (Å²) in [4.78, 5) is 32.2. The number of nitrogens with one attached hydrogen (secondary N) is 2. The molecule has 0 spiro atoms. The zero-order valence-corrected chi connectivity index (χ0v) is 16.1. The van der Waals surface area contributed by atoms with Gasteiger partial charge in [0.2, 0.25) is 11.8 Å². The molecule has 2 amide bonds. The van der Waals surface area contributed by atoms with Gasteiger partial charge >= 0.3 is 0 Å². The lowest BCUT2D eigenvalue weighted by Crippen LogP contribution is -2.44. The van der Waals surface area contributed by atoms with Crippen molar-refractivity contribution in [3.05, 3.63) is 21.9 Å². The standard InChI is InChI=1S/C18H28N4O2S/c1-4-19-18(21-13(2)12-15-9-8-14(3)25-15)20-10-11-22-16(23)6-5-7-17(22)24/h8-9,13H,4-7,10-12H2,1-3H3,(H2,19,20,21). The molecule has 2 N–H and O–H groups in total. The summed E-state index contributed by atoms with van der Waals surface area (Å²) in [5.74, 6) is 0.567. The van der Waals surface area contributed by atoms with Crippen LogP contribution in [0.3, 0.4) is 0 Å². The predicted molar refractivity (Wildman–Crippen MR) is 102 cm³/mol. The number of likely N-dealkylation sites (tertiary alicyclic amines) is 1. The van der Waals surface area contributed by atoms with Gasteiger partial charge in [0.25, 0.3) is 0 Å². The van der Waals surface area contributed by atoms with Gasteiger partial charge in [-0.25, -0.2) is 0 Å². The van der Waals surface area contributed by atoms with Crippen molar-refractivity contribution in [3.63, 3.8) is 0 Å². The fourth-order valence-corrected chi connectivity index (χ4v) is 3.83. The molecule has 1 saturated heterocycles. The molecule has 0 aromatic carbocycles. The fraction of sp³-hybridized carbons (Fsp3) is 0.611. The van der Waals surface area contributed by atoms with E-state index in [0.717, 1.165) is 18.9 Å². The van der Waals surface area contributed by atoms with Crippen molar-refractivity contribution in [2.75, 3.05) is 19.6 Å². The molecular formula is C18H28N4O2S. The molecule has 1 aromatic rings. The number of nitrogens with zero attached hydrogens (tertiary/aromatic N) is 2. The third-order valence-electron chi connectivity index (χ3n) is 4.01. The second-order valence-corrected chi connectivity index (χ2v) is 7.69. The molecule has 0 saturated carbocycles. The molecular weight excluding hydrogens is 336 g/mol. The highest BCUT2D eigenvalue weighted by Gasteiger charge is 2.25. The van der Waals surface area contributed by atoms with Crippen molar-refractivity contribution >= 4 is 29.1 Å². The summed E-state index contributed by atoms with van der Waals surface area (Å²) in [6.07, 6.45) is 2.53. The molecule has 1 aliphatic rings. The summed E-state index contributed by atoms with van der Waals surface area (Å²) in [6, 6.07) is 4.54. The van der Waals surface area contributed by atoms with Crippen LogP contribution in [0.25, 0.3) is 0 Å². The first kappa shape index (κ1) is 19.4. The van der Waals surface area contributed by atoms with Crippen LogP contribution in [0.4, 0.5) is 0 Å². The SMILES string of the molecule is CCNC(=NCCN1C(=O)CCCC1=O)NC(C)Cc1ccc(C)s1. The number of rotatable bonds is 7. The molecule has 2 rings (SSSR count). The Bertz CT molecular complexity index is 610. The predicted octanol–water partition coefficient (Wildman–Crippen LogP) is 2.08. The van der Waals surface area contributed by atoms with Gasteiger partial charge in [-0.05, 0) is 39.3 Å². The van der Waals surface area contributed by atoms with Crippen molar-refractivity contribution in [1.82, 2.24) is 15.5 Å². The quantitative estimate of drug-likeness (QED) is 0.441. The maximum atomic E-state index is 11.8. The Morgan fingerprint density at radius 2 is 2.04 bits per heavy atom. The molecule has 1 unspecified atom stereocenters. The van der Waals surface area contributed by atoms with Gasteiger partial charge in [0, 0.05) is 48.1 Å². The topological polar surface area (TPSA) is 73.8 Å². The van der Waals surface area contributed by atoms with Crippen LogP contribution < -0.4 is 10.6 Å². The second-order valence-electron chi connectivity index (χ2n) is 6.32. The largest absolute Gasteiger partial charge is 0.357 e. The summed E-state index contributed by atoms with van der Waals surface area (Å²) in [6.45, 7) is 7.78. The van der Waals surface area contributed by atoms with Crippen molar-refractivity contribution in [2.24, 2.45) is 4.99 Å². The minimum absolute atomic E-state index is 0.0779. The lowest BCUT2D eigenvalue weighted by atomic mass is 10.1. The second kappa shape index (κ2) is 9.56. The lowest BCUT2D eigenvalue weighted by molar-refractivity contribution is -0.147. The van der Waals surface area contributed by atoms with E-state index in [1.807, 2.05) is 18.3 Å². The van der Waals surface area contributed by atoms with E-state index in [4.69, 9.17) is 0 Å². The Labute approximate surface area is 153 Å². The van der Waals surface area contributed by atoms with Crippen LogP contribution in [0.5, 0.6) is 0 Å². The molecule has 1 aliphatic heterocycles. The smallest absolute Gasteiger partial charge is 0.229 e. The van der Waals surface area contributed by atoms with Crippen molar-refractivity contribution in [3.8, 4) is 0 Å². The van der Waals surface area contributed by atoms with Crippen LogP contribution in [0.15, 0.2) is 17.1 Å². The molecule has 0 radical (unpaired) electrons. The van der Waals surface area contributed by atoms with Gasteiger partial charge in [0.15, 0.2) is 5.96 Å². The Hall–Kier alpha value is -1.89. The van der Waals surface area contributed by atoms with Crippen LogP contribution in [0, 0.1) is 6.92 Å². The zero-order chi connectivity index (χ0) is 18.2. The third kappa shape index (κ3) is 6.16. The number of aliphatic imine (C=N–C) groups is 1. The first-order chi connectivity index (χ1) is 12.0. The summed E-state index contributed by atoms with van der Waals surface area (Å²) in [5.41, 5.74) is 0. The van der Waals surface area contributed by atoms with Gasteiger partial charge in [-0.1, -0.05) is 0 Å². The van der Waals surface area contributed by atoms with E-state index in [0.29, 0.717) is 32.4 Å². The van der Waals surface area contributed by atoms with Crippen LogP contribution in [-0.4, -0.2) is 48.3 Å². The monoisotopic (exact) mass is 364 g/mol. The molecule has 0 bridgehead atoms. The first-order valence-corrected chi connectivity index (χ1v) is 9.74. The van der Waals surface area contributed by atoms with Crippen LogP contribution in [0.1, 0.15) is 42.9 Å². The highest BCUT2D eigenvalue weighted by atomic mass is 32.1. The van der Waals surface area contributed by atoms with E-state index in [2.05, 4.69) is 41.6 Å². The molecule has 138 valence electrons. The van der Waals surface area contributed by atoms with Gasteiger partial charge in [-0.2, -0.15) is 0 Å². The van der Waals surface area contributed by atoms with E-state index >= 15 is 0 Å². The van der Waals surface area contributed by atoms with Crippen molar-refractivity contribution in [2.45, 2.75) is 52.5 Å². The van der Waals surface area contributed by atoms with E-state index in [1.54, 1.807) is 0 Å². The normalized spacial score (nSPS) is 16.9. The minimum Gasteiger partial charge on any atom is -0.357 e. The average Bonchev–Trinajstić information content (AvgIpc) is 2.95. The maximum Gasteiger partial charge on any atom is 0.229 e. The molecule has 7 heteroatoms. The molecule has 6 nitrogen and oxygen atoms in total. The summed E-state index contributed by atoms with van der Waals surface area (Å²) < 4.78 is 0. The highest BCUT2D eigenvalue weighted by molar-refractivity contribution is 7.11. The Balaban J connectivity index is 1.86. The van der Waals surface area contributed by atoms with Gasteiger partial charge in [-0.15, -0.1) is 11.3 Å². The number of thiophene rings is 1. The number of aryl methyl sites for hydroxylation is 1. The average molecular weight is 365 g/mol. The number of hydrogen-bond acceptors (Lipinski definition) is 4. The van der Waals surface area contributed by atoms with Gasteiger partial charge in [0.1, 0.15) is 0 Å². The molecule has 2 heterocycles. The number of hydrogen-bond donors (Lipinski definition) is 2. The van der Waals surface area contributed by atoms with E-state index in [1.165, 1.54) is 14.7 Å². The van der Waals surface area contributed by atoms with Crippen LogP contribution >= 0.6 is 11.3 Å². The zero-order valence-electron chi connectivity index (χ0n) is 15.3. The van der Waals surface area contributed by atoms with E-state index < -0.39 is 0 Å². The van der Waals surface area contributed by atoms with E-state index in [9.17, 15) is 9.59 Å². The lowest BCUT2D eigenvalue weighted by Gasteiger charge is -2.24. The number of guanidine groups is 1. The number of carbonyl (C=O) groups is 2. The first-order valence-electron chi connectivity index (χ1n) is 8.93. The van der Waals surface area contributed by atoms with Crippen LogP contribution in [0.2, 0.25) is 0 Å². The highest BCUT2D eigenvalue weighted by Crippen LogP contribution is 2.16.